The van der Waals surface area contributed by atoms with Gasteiger partial charge in [-0.15, -0.1) is 0 Å². The largest absolute Gasteiger partial charge is 0.490 e. The maximum atomic E-state index is 5.98. The summed E-state index contributed by atoms with van der Waals surface area (Å²) in [5.41, 5.74) is 1.16. The molecule has 0 unspecified atom stereocenters. The molecule has 1 heterocycles. The van der Waals surface area contributed by atoms with Crippen LogP contribution in [0.3, 0.4) is 0 Å². The summed E-state index contributed by atoms with van der Waals surface area (Å²) < 4.78 is 11.9. The van der Waals surface area contributed by atoms with E-state index < -0.39 is 0 Å². The van der Waals surface area contributed by atoms with E-state index in [2.05, 4.69) is 38.2 Å². The highest BCUT2D eigenvalue weighted by atomic mass is 16.5. The SMILES string of the molecule is CCNCCCCOc1cccc2c1OC(C)(C)C2. The molecule has 0 aliphatic carbocycles. The molecule has 0 fully saturated rings. The summed E-state index contributed by atoms with van der Waals surface area (Å²) >= 11 is 0. The third kappa shape index (κ3) is 3.87. The Balaban J connectivity index is 1.84. The summed E-state index contributed by atoms with van der Waals surface area (Å²) in [7, 11) is 0. The van der Waals surface area contributed by atoms with Crippen LogP contribution in [-0.4, -0.2) is 25.3 Å². The van der Waals surface area contributed by atoms with Crippen molar-refractivity contribution in [3.8, 4) is 11.5 Å². The Kier molecular flexibility index (Phi) is 4.70. The number of para-hydroxylation sites is 1. The average molecular weight is 263 g/mol. The third-order valence-corrected chi connectivity index (χ3v) is 3.31. The molecule has 0 aromatic heterocycles. The normalized spacial score (nSPS) is 15.9. The maximum absolute atomic E-state index is 5.98. The Morgan fingerprint density at radius 3 is 2.95 bits per heavy atom. The molecule has 3 nitrogen and oxygen atoms in total. The lowest BCUT2D eigenvalue weighted by Gasteiger charge is -2.18. The minimum atomic E-state index is -0.104. The Morgan fingerprint density at radius 1 is 1.32 bits per heavy atom. The predicted octanol–water partition coefficient (Wildman–Crippen LogP) is 3.17. The van der Waals surface area contributed by atoms with Gasteiger partial charge in [-0.25, -0.2) is 0 Å². The first kappa shape index (κ1) is 14.2. The molecule has 1 N–H and O–H groups in total. The van der Waals surface area contributed by atoms with Gasteiger partial charge < -0.3 is 14.8 Å². The highest BCUT2D eigenvalue weighted by molar-refractivity contribution is 5.50. The van der Waals surface area contributed by atoms with Crippen LogP contribution in [0, 0.1) is 0 Å². The molecule has 1 aliphatic rings. The van der Waals surface area contributed by atoms with Gasteiger partial charge in [0.15, 0.2) is 11.5 Å². The average Bonchev–Trinajstić information content (AvgIpc) is 2.68. The van der Waals surface area contributed by atoms with Crippen LogP contribution in [0.15, 0.2) is 18.2 Å². The monoisotopic (exact) mass is 263 g/mol. The molecule has 2 rings (SSSR count). The molecule has 0 saturated heterocycles. The third-order valence-electron chi connectivity index (χ3n) is 3.31. The van der Waals surface area contributed by atoms with E-state index in [1.54, 1.807) is 0 Å². The standard InChI is InChI=1S/C16H25NO2/c1-4-17-10-5-6-11-18-14-9-7-8-13-12-16(2,3)19-15(13)14/h7-9,17H,4-6,10-12H2,1-3H3. The van der Waals surface area contributed by atoms with Crippen LogP contribution < -0.4 is 14.8 Å². The molecular formula is C16H25NO2. The molecule has 106 valence electrons. The Bertz CT molecular complexity index is 415. The zero-order valence-electron chi connectivity index (χ0n) is 12.3. The minimum Gasteiger partial charge on any atom is -0.490 e. The molecule has 0 atom stereocenters. The van der Waals surface area contributed by atoms with Crippen LogP contribution >= 0.6 is 0 Å². The molecule has 3 heteroatoms. The van der Waals surface area contributed by atoms with Gasteiger partial charge >= 0.3 is 0 Å². The van der Waals surface area contributed by atoms with Gasteiger partial charge in [-0.3, -0.25) is 0 Å². The van der Waals surface area contributed by atoms with Crippen molar-refractivity contribution >= 4 is 0 Å². The molecule has 0 radical (unpaired) electrons. The van der Waals surface area contributed by atoms with Crippen molar-refractivity contribution in [2.75, 3.05) is 19.7 Å². The highest BCUT2D eigenvalue weighted by Crippen LogP contribution is 2.41. The first-order valence-corrected chi connectivity index (χ1v) is 7.27. The van der Waals surface area contributed by atoms with E-state index in [1.807, 2.05) is 6.07 Å². The van der Waals surface area contributed by atoms with Crippen molar-refractivity contribution in [3.05, 3.63) is 23.8 Å². The van der Waals surface area contributed by atoms with Gasteiger partial charge in [-0.05, 0) is 45.8 Å². The van der Waals surface area contributed by atoms with Crippen molar-refractivity contribution in [3.63, 3.8) is 0 Å². The number of hydrogen-bond donors (Lipinski definition) is 1. The topological polar surface area (TPSA) is 30.5 Å². The minimum absolute atomic E-state index is 0.104. The van der Waals surface area contributed by atoms with Gasteiger partial charge in [-0.2, -0.15) is 0 Å². The van der Waals surface area contributed by atoms with Gasteiger partial charge in [0.05, 0.1) is 6.61 Å². The van der Waals surface area contributed by atoms with Gasteiger partial charge in [-0.1, -0.05) is 19.1 Å². The van der Waals surface area contributed by atoms with Crippen LogP contribution in [0.4, 0.5) is 0 Å². The summed E-state index contributed by atoms with van der Waals surface area (Å²) in [4.78, 5) is 0. The molecule has 0 amide bonds. The van der Waals surface area contributed by atoms with E-state index in [9.17, 15) is 0 Å². The molecule has 0 saturated carbocycles. The molecule has 0 spiro atoms. The molecule has 1 aliphatic heterocycles. The smallest absolute Gasteiger partial charge is 0.165 e. The quantitative estimate of drug-likeness (QED) is 0.766. The summed E-state index contributed by atoms with van der Waals surface area (Å²) in [5, 5.41) is 3.32. The predicted molar refractivity (Wildman–Crippen MR) is 78.1 cm³/mol. The zero-order chi connectivity index (χ0) is 13.7. The van der Waals surface area contributed by atoms with E-state index in [1.165, 1.54) is 5.56 Å². The number of unbranched alkanes of at least 4 members (excludes halogenated alkanes) is 1. The van der Waals surface area contributed by atoms with Crippen molar-refractivity contribution in [1.29, 1.82) is 0 Å². The fourth-order valence-corrected chi connectivity index (χ4v) is 2.41. The lowest BCUT2D eigenvalue weighted by Crippen LogP contribution is -2.24. The van der Waals surface area contributed by atoms with Gasteiger partial charge in [0.25, 0.3) is 0 Å². The molecule has 1 aromatic carbocycles. The number of benzene rings is 1. The first-order valence-electron chi connectivity index (χ1n) is 7.27. The second-order valence-electron chi connectivity index (χ2n) is 5.69. The lowest BCUT2D eigenvalue weighted by atomic mass is 10.0. The zero-order valence-corrected chi connectivity index (χ0v) is 12.3. The van der Waals surface area contributed by atoms with Gasteiger partial charge in [0.2, 0.25) is 0 Å². The van der Waals surface area contributed by atoms with Crippen LogP contribution in [0.1, 0.15) is 39.2 Å². The van der Waals surface area contributed by atoms with Crippen LogP contribution in [0.5, 0.6) is 11.5 Å². The Hall–Kier alpha value is -1.22. The van der Waals surface area contributed by atoms with Crippen molar-refractivity contribution in [1.82, 2.24) is 5.32 Å². The number of ether oxygens (including phenoxy) is 2. The van der Waals surface area contributed by atoms with Gasteiger partial charge in [0, 0.05) is 12.0 Å². The first-order chi connectivity index (χ1) is 9.12. The van der Waals surface area contributed by atoms with Crippen LogP contribution in [-0.2, 0) is 6.42 Å². The van der Waals surface area contributed by atoms with E-state index in [0.29, 0.717) is 0 Å². The molecular weight excluding hydrogens is 238 g/mol. The van der Waals surface area contributed by atoms with E-state index in [0.717, 1.165) is 50.5 Å². The van der Waals surface area contributed by atoms with E-state index >= 15 is 0 Å². The fraction of sp³-hybridized carbons (Fsp3) is 0.625. The van der Waals surface area contributed by atoms with Crippen molar-refractivity contribution in [2.45, 2.75) is 45.6 Å². The summed E-state index contributed by atoms with van der Waals surface area (Å²) in [6.45, 7) is 9.22. The van der Waals surface area contributed by atoms with Crippen molar-refractivity contribution in [2.24, 2.45) is 0 Å². The van der Waals surface area contributed by atoms with E-state index in [4.69, 9.17) is 9.47 Å². The summed E-state index contributed by atoms with van der Waals surface area (Å²) in [6, 6.07) is 6.18. The van der Waals surface area contributed by atoms with Gasteiger partial charge in [0.1, 0.15) is 5.60 Å². The summed E-state index contributed by atoms with van der Waals surface area (Å²) in [5.74, 6) is 1.84. The fourth-order valence-electron chi connectivity index (χ4n) is 2.41. The number of fused-ring (bicyclic) bond motifs is 1. The second-order valence-corrected chi connectivity index (χ2v) is 5.69. The Labute approximate surface area is 116 Å². The van der Waals surface area contributed by atoms with Crippen LogP contribution in [0.2, 0.25) is 0 Å². The van der Waals surface area contributed by atoms with Crippen LogP contribution in [0.25, 0.3) is 0 Å². The highest BCUT2D eigenvalue weighted by Gasteiger charge is 2.32. The molecule has 1 aromatic rings. The Morgan fingerprint density at radius 2 is 2.16 bits per heavy atom. The molecule has 0 bridgehead atoms. The second kappa shape index (κ2) is 6.29. The number of hydrogen-bond acceptors (Lipinski definition) is 3. The maximum Gasteiger partial charge on any atom is 0.165 e. The number of nitrogens with one attached hydrogen (secondary N) is 1. The van der Waals surface area contributed by atoms with Crippen molar-refractivity contribution < 1.29 is 9.47 Å². The lowest BCUT2D eigenvalue weighted by molar-refractivity contribution is 0.132. The molecule has 19 heavy (non-hydrogen) atoms. The number of rotatable bonds is 7. The summed E-state index contributed by atoms with van der Waals surface area (Å²) in [6.07, 6.45) is 3.18. The van der Waals surface area contributed by atoms with E-state index in [-0.39, 0.29) is 5.60 Å².